The predicted molar refractivity (Wildman–Crippen MR) is 53.8 cm³/mol. The van der Waals surface area contributed by atoms with Crippen LogP contribution >= 0.6 is 0 Å². The highest BCUT2D eigenvalue weighted by molar-refractivity contribution is 5.22. The van der Waals surface area contributed by atoms with Gasteiger partial charge in [0.2, 0.25) is 5.60 Å². The van der Waals surface area contributed by atoms with Gasteiger partial charge in [0.05, 0.1) is 5.69 Å². The number of alkyl halides is 3. The molecule has 0 aliphatic heterocycles. The average molecular weight is 231 g/mol. The summed E-state index contributed by atoms with van der Waals surface area (Å²) in [5.74, 6) is 0. The van der Waals surface area contributed by atoms with Gasteiger partial charge in [0.15, 0.2) is 0 Å². The van der Waals surface area contributed by atoms with Crippen molar-refractivity contribution >= 4 is 0 Å². The third-order valence-electron chi connectivity index (χ3n) is 2.13. The fourth-order valence-corrected chi connectivity index (χ4v) is 1.39. The van der Waals surface area contributed by atoms with Crippen molar-refractivity contribution in [1.82, 2.24) is 4.98 Å². The van der Waals surface area contributed by atoms with Gasteiger partial charge in [0, 0.05) is 12.8 Å². The third kappa shape index (κ3) is 2.09. The van der Waals surface area contributed by atoms with Crippen molar-refractivity contribution in [2.45, 2.75) is 18.7 Å². The monoisotopic (exact) mass is 231 g/mol. The molecule has 2 nitrogen and oxygen atoms in total. The number of hydrogen-bond acceptors (Lipinski definition) is 2. The van der Waals surface area contributed by atoms with Gasteiger partial charge >= 0.3 is 6.18 Å². The molecule has 1 aromatic rings. The first-order chi connectivity index (χ1) is 7.48. The van der Waals surface area contributed by atoms with Crippen LogP contribution in [0.15, 0.2) is 37.1 Å². The third-order valence-corrected chi connectivity index (χ3v) is 2.13. The van der Waals surface area contributed by atoms with Crippen LogP contribution < -0.4 is 0 Å². The zero-order valence-corrected chi connectivity index (χ0v) is 8.79. The molecule has 0 fully saturated rings. The van der Waals surface area contributed by atoms with E-state index in [-0.39, 0.29) is 12.3 Å². The van der Waals surface area contributed by atoms with Crippen molar-refractivity contribution in [3.05, 3.63) is 42.7 Å². The van der Waals surface area contributed by atoms with Gasteiger partial charge in [0.25, 0.3) is 0 Å². The number of rotatable bonds is 4. The Morgan fingerprint density at radius 3 is 2.50 bits per heavy atom. The molecular formula is C11H12F3NO. The number of pyridine rings is 1. The van der Waals surface area contributed by atoms with Crippen LogP contribution in [0.4, 0.5) is 13.2 Å². The number of hydrogen-bond donors (Lipinski definition) is 0. The lowest BCUT2D eigenvalue weighted by molar-refractivity contribution is -0.263. The van der Waals surface area contributed by atoms with Crippen LogP contribution in [0, 0.1) is 0 Å². The Morgan fingerprint density at radius 1 is 1.44 bits per heavy atom. The van der Waals surface area contributed by atoms with E-state index >= 15 is 0 Å². The molecule has 1 unspecified atom stereocenters. The second-order valence-corrected chi connectivity index (χ2v) is 3.09. The fourth-order valence-electron chi connectivity index (χ4n) is 1.39. The summed E-state index contributed by atoms with van der Waals surface area (Å²) in [5, 5.41) is 0. The standard InChI is InChI=1S/C11H12F3NO/c1-3-10(16-4-2,11(12,13)14)9-7-5-6-8-15-9/h3,5-8H,1,4H2,2H3. The first kappa shape index (κ1) is 12.7. The Bertz CT molecular complexity index is 350. The lowest BCUT2D eigenvalue weighted by Crippen LogP contribution is -2.43. The highest BCUT2D eigenvalue weighted by Crippen LogP contribution is 2.42. The molecule has 5 heteroatoms. The van der Waals surface area contributed by atoms with E-state index in [4.69, 9.17) is 4.74 Å². The van der Waals surface area contributed by atoms with E-state index in [9.17, 15) is 13.2 Å². The molecule has 0 saturated heterocycles. The Balaban J connectivity index is 3.29. The van der Waals surface area contributed by atoms with E-state index in [1.54, 1.807) is 6.07 Å². The normalized spacial score (nSPS) is 15.5. The maximum Gasteiger partial charge on any atom is 0.426 e. The average Bonchev–Trinajstić information content (AvgIpc) is 2.25. The van der Waals surface area contributed by atoms with Crippen molar-refractivity contribution in [3.8, 4) is 0 Å². The summed E-state index contributed by atoms with van der Waals surface area (Å²) in [7, 11) is 0. The van der Waals surface area contributed by atoms with Gasteiger partial charge in [-0.25, -0.2) is 0 Å². The van der Waals surface area contributed by atoms with E-state index in [1.807, 2.05) is 0 Å². The highest BCUT2D eigenvalue weighted by atomic mass is 19.4. The molecule has 0 aliphatic rings. The summed E-state index contributed by atoms with van der Waals surface area (Å²) in [6, 6.07) is 4.29. The Kier molecular flexibility index (Phi) is 3.70. The first-order valence-corrected chi connectivity index (χ1v) is 4.73. The molecule has 1 atom stereocenters. The molecule has 0 aliphatic carbocycles. The van der Waals surface area contributed by atoms with Crippen molar-refractivity contribution in [2.24, 2.45) is 0 Å². The number of halogens is 3. The van der Waals surface area contributed by atoms with E-state index in [1.165, 1.54) is 25.3 Å². The van der Waals surface area contributed by atoms with Crippen molar-refractivity contribution in [1.29, 1.82) is 0 Å². The molecule has 88 valence electrons. The molecular weight excluding hydrogens is 219 g/mol. The molecule has 0 radical (unpaired) electrons. The molecule has 1 rings (SSSR count). The molecule has 16 heavy (non-hydrogen) atoms. The molecule has 0 amide bonds. The van der Waals surface area contributed by atoms with Crippen LogP contribution in [-0.2, 0) is 10.3 Å². The number of nitrogens with zero attached hydrogens (tertiary/aromatic N) is 1. The predicted octanol–water partition coefficient (Wildman–Crippen LogP) is 3.06. The van der Waals surface area contributed by atoms with Gasteiger partial charge in [-0.05, 0) is 25.1 Å². The summed E-state index contributed by atoms with van der Waals surface area (Å²) in [6.07, 6.45) is -2.56. The van der Waals surface area contributed by atoms with Crippen molar-refractivity contribution < 1.29 is 17.9 Å². The van der Waals surface area contributed by atoms with Crippen molar-refractivity contribution in [2.75, 3.05) is 6.61 Å². The summed E-state index contributed by atoms with van der Waals surface area (Å²) < 4.78 is 43.9. The summed E-state index contributed by atoms with van der Waals surface area (Å²) in [6.45, 7) is 4.62. The molecule has 1 heterocycles. The zero-order chi connectivity index (χ0) is 12.2. The molecule has 0 spiro atoms. The number of aromatic nitrogens is 1. The topological polar surface area (TPSA) is 22.1 Å². The SMILES string of the molecule is C=CC(OCC)(c1ccccn1)C(F)(F)F. The van der Waals surface area contributed by atoms with Gasteiger partial charge < -0.3 is 4.74 Å². The minimum absolute atomic E-state index is 0.0812. The van der Waals surface area contributed by atoms with E-state index in [0.29, 0.717) is 0 Å². The second kappa shape index (κ2) is 4.65. The van der Waals surface area contributed by atoms with Gasteiger partial charge in [-0.15, -0.1) is 0 Å². The molecule has 0 N–H and O–H groups in total. The molecule has 0 aromatic carbocycles. The lowest BCUT2D eigenvalue weighted by Gasteiger charge is -2.31. The van der Waals surface area contributed by atoms with Gasteiger partial charge in [0.1, 0.15) is 0 Å². The van der Waals surface area contributed by atoms with Crippen LogP contribution in [0.3, 0.4) is 0 Å². The second-order valence-electron chi connectivity index (χ2n) is 3.09. The fraction of sp³-hybridized carbons (Fsp3) is 0.364. The lowest BCUT2D eigenvalue weighted by atomic mass is 9.98. The molecule has 0 saturated carbocycles. The molecule has 0 bridgehead atoms. The van der Waals surface area contributed by atoms with Crippen LogP contribution in [0.5, 0.6) is 0 Å². The highest BCUT2D eigenvalue weighted by Gasteiger charge is 2.56. The Labute approximate surface area is 91.8 Å². The zero-order valence-electron chi connectivity index (χ0n) is 8.79. The Hall–Kier alpha value is -1.36. The van der Waals surface area contributed by atoms with Crippen LogP contribution in [0.2, 0.25) is 0 Å². The summed E-state index contributed by atoms with van der Waals surface area (Å²) in [5.41, 5.74) is -2.73. The Morgan fingerprint density at radius 2 is 2.12 bits per heavy atom. The quantitative estimate of drug-likeness (QED) is 0.743. The van der Waals surface area contributed by atoms with Crippen LogP contribution in [0.25, 0.3) is 0 Å². The van der Waals surface area contributed by atoms with Crippen LogP contribution in [0.1, 0.15) is 12.6 Å². The van der Waals surface area contributed by atoms with Crippen LogP contribution in [-0.4, -0.2) is 17.8 Å². The first-order valence-electron chi connectivity index (χ1n) is 4.73. The summed E-state index contributed by atoms with van der Waals surface area (Å²) >= 11 is 0. The smallest absolute Gasteiger partial charge is 0.356 e. The number of ether oxygens (including phenoxy) is 1. The minimum atomic E-state index is -4.58. The van der Waals surface area contributed by atoms with Crippen molar-refractivity contribution in [3.63, 3.8) is 0 Å². The summed E-state index contributed by atoms with van der Waals surface area (Å²) in [4.78, 5) is 3.69. The van der Waals surface area contributed by atoms with E-state index in [0.717, 1.165) is 6.08 Å². The van der Waals surface area contributed by atoms with Gasteiger partial charge in [-0.1, -0.05) is 12.6 Å². The van der Waals surface area contributed by atoms with Gasteiger partial charge in [-0.3, -0.25) is 4.98 Å². The minimum Gasteiger partial charge on any atom is -0.356 e. The van der Waals surface area contributed by atoms with Gasteiger partial charge in [-0.2, -0.15) is 13.2 Å². The maximum atomic E-state index is 13.0. The molecule has 1 aromatic heterocycles. The van der Waals surface area contributed by atoms with E-state index in [2.05, 4.69) is 11.6 Å². The maximum absolute atomic E-state index is 13.0. The largest absolute Gasteiger partial charge is 0.426 e. The van der Waals surface area contributed by atoms with E-state index < -0.39 is 11.8 Å².